The van der Waals surface area contributed by atoms with Gasteiger partial charge in [0.15, 0.2) is 11.5 Å². The maximum atomic E-state index is 10.9. The van der Waals surface area contributed by atoms with Gasteiger partial charge in [-0.3, -0.25) is 10.1 Å². The number of hydrogen-bond donors (Lipinski definition) is 0. The first kappa shape index (κ1) is 12.4. The second kappa shape index (κ2) is 4.66. The molecule has 0 unspecified atom stereocenters. The predicted octanol–water partition coefficient (Wildman–Crippen LogP) is 2.81. The van der Waals surface area contributed by atoms with E-state index in [1.807, 2.05) is 0 Å². The minimum atomic E-state index is -0.516. The van der Waals surface area contributed by atoms with Gasteiger partial charge in [0.25, 0.3) is 5.69 Å². The molecule has 2 rings (SSSR count). The van der Waals surface area contributed by atoms with Gasteiger partial charge in [-0.2, -0.15) is 0 Å². The number of aromatic nitrogens is 1. The van der Waals surface area contributed by atoms with Gasteiger partial charge in [0.05, 0.1) is 24.5 Å². The number of rotatable bonds is 3. The van der Waals surface area contributed by atoms with Crippen molar-refractivity contribution in [2.75, 3.05) is 14.2 Å². The number of nitro groups is 1. The van der Waals surface area contributed by atoms with Crippen molar-refractivity contribution < 1.29 is 14.4 Å². The van der Waals surface area contributed by atoms with Crippen molar-refractivity contribution in [1.29, 1.82) is 0 Å². The number of methoxy groups -OCH3 is 2. The summed E-state index contributed by atoms with van der Waals surface area (Å²) >= 11 is 5.93. The summed E-state index contributed by atoms with van der Waals surface area (Å²) in [4.78, 5) is 14.2. The third kappa shape index (κ3) is 1.91. The van der Waals surface area contributed by atoms with Gasteiger partial charge >= 0.3 is 0 Å². The lowest BCUT2D eigenvalue weighted by molar-refractivity contribution is -0.383. The molecule has 18 heavy (non-hydrogen) atoms. The molecule has 1 heterocycles. The SMILES string of the molecule is COc1cc2c([N+](=O)[O-])cnc(Cl)c2cc1OC. The average molecular weight is 269 g/mol. The Morgan fingerprint density at radius 2 is 1.78 bits per heavy atom. The quantitative estimate of drug-likeness (QED) is 0.486. The highest BCUT2D eigenvalue weighted by atomic mass is 35.5. The molecular weight excluding hydrogens is 260 g/mol. The van der Waals surface area contributed by atoms with Gasteiger partial charge in [0.2, 0.25) is 0 Å². The number of fused-ring (bicyclic) bond motifs is 1. The number of halogens is 1. The van der Waals surface area contributed by atoms with E-state index < -0.39 is 4.92 Å². The molecule has 0 saturated carbocycles. The fourth-order valence-corrected chi connectivity index (χ4v) is 1.87. The molecule has 94 valence electrons. The van der Waals surface area contributed by atoms with Crippen LogP contribution in [-0.4, -0.2) is 24.1 Å². The first-order valence-corrected chi connectivity index (χ1v) is 5.31. The van der Waals surface area contributed by atoms with Crippen molar-refractivity contribution in [2.45, 2.75) is 0 Å². The van der Waals surface area contributed by atoms with Crippen molar-refractivity contribution in [1.82, 2.24) is 4.98 Å². The molecule has 0 atom stereocenters. The lowest BCUT2D eigenvalue weighted by Crippen LogP contribution is -1.95. The van der Waals surface area contributed by atoms with Crippen LogP contribution in [0.5, 0.6) is 11.5 Å². The minimum absolute atomic E-state index is 0.129. The Hall–Kier alpha value is -2.08. The summed E-state index contributed by atoms with van der Waals surface area (Å²) in [5.41, 5.74) is -0.129. The van der Waals surface area contributed by atoms with Crippen LogP contribution in [0.2, 0.25) is 5.15 Å². The molecule has 0 aliphatic carbocycles. The fourth-order valence-electron chi connectivity index (χ4n) is 1.66. The van der Waals surface area contributed by atoms with Crippen LogP contribution < -0.4 is 9.47 Å². The second-order valence-corrected chi connectivity index (χ2v) is 3.80. The molecule has 7 heteroatoms. The maximum Gasteiger partial charge on any atom is 0.295 e. The van der Waals surface area contributed by atoms with Crippen molar-refractivity contribution >= 4 is 28.1 Å². The Labute approximate surface area is 107 Å². The summed E-state index contributed by atoms with van der Waals surface area (Å²) in [7, 11) is 2.93. The van der Waals surface area contributed by atoms with Crippen LogP contribution in [0.3, 0.4) is 0 Å². The van der Waals surface area contributed by atoms with E-state index in [0.29, 0.717) is 22.3 Å². The van der Waals surface area contributed by atoms with Gasteiger partial charge in [-0.15, -0.1) is 0 Å². The number of ether oxygens (including phenoxy) is 2. The molecule has 0 spiro atoms. The smallest absolute Gasteiger partial charge is 0.295 e. The molecule has 2 aromatic rings. The summed E-state index contributed by atoms with van der Waals surface area (Å²) in [6.45, 7) is 0. The van der Waals surface area contributed by atoms with Gasteiger partial charge < -0.3 is 9.47 Å². The molecule has 0 aliphatic heterocycles. The predicted molar refractivity (Wildman–Crippen MR) is 66.5 cm³/mol. The van der Waals surface area contributed by atoms with Crippen molar-refractivity contribution in [3.8, 4) is 11.5 Å². The van der Waals surface area contributed by atoms with Crippen molar-refractivity contribution in [2.24, 2.45) is 0 Å². The second-order valence-electron chi connectivity index (χ2n) is 3.44. The van der Waals surface area contributed by atoms with Gasteiger partial charge in [0.1, 0.15) is 11.3 Å². The summed E-state index contributed by atoms with van der Waals surface area (Å²) < 4.78 is 10.2. The van der Waals surface area contributed by atoms with Gasteiger partial charge in [0, 0.05) is 5.39 Å². The Morgan fingerprint density at radius 1 is 1.22 bits per heavy atom. The summed E-state index contributed by atoms with van der Waals surface area (Å²) in [5, 5.41) is 11.9. The van der Waals surface area contributed by atoms with E-state index >= 15 is 0 Å². The molecule has 0 N–H and O–H groups in total. The third-order valence-corrected chi connectivity index (χ3v) is 2.82. The van der Waals surface area contributed by atoms with E-state index in [9.17, 15) is 10.1 Å². The van der Waals surface area contributed by atoms with Gasteiger partial charge in [-0.1, -0.05) is 11.6 Å². The minimum Gasteiger partial charge on any atom is -0.493 e. The van der Waals surface area contributed by atoms with E-state index in [-0.39, 0.29) is 10.8 Å². The van der Waals surface area contributed by atoms with E-state index in [0.717, 1.165) is 6.20 Å². The molecule has 0 bridgehead atoms. The van der Waals surface area contributed by atoms with Crippen LogP contribution in [0.25, 0.3) is 10.8 Å². The number of nitrogens with zero attached hydrogens (tertiary/aromatic N) is 2. The molecule has 0 fully saturated rings. The van der Waals surface area contributed by atoms with E-state index in [1.54, 1.807) is 6.07 Å². The topological polar surface area (TPSA) is 74.5 Å². The van der Waals surface area contributed by atoms with Crippen LogP contribution in [0.15, 0.2) is 18.3 Å². The summed E-state index contributed by atoms with van der Waals surface area (Å²) in [6.07, 6.45) is 1.12. The van der Waals surface area contributed by atoms with E-state index in [1.165, 1.54) is 20.3 Å². The summed E-state index contributed by atoms with van der Waals surface area (Å²) in [6, 6.07) is 3.08. The maximum absolute atomic E-state index is 10.9. The number of pyridine rings is 1. The Bertz CT molecular complexity index is 630. The zero-order chi connectivity index (χ0) is 13.3. The van der Waals surface area contributed by atoms with Crippen LogP contribution in [0.4, 0.5) is 5.69 Å². The lowest BCUT2D eigenvalue weighted by atomic mass is 10.1. The molecular formula is C11H9ClN2O4. The van der Waals surface area contributed by atoms with Crippen molar-refractivity contribution in [3.05, 3.63) is 33.6 Å². The highest BCUT2D eigenvalue weighted by Gasteiger charge is 2.18. The number of hydrogen-bond acceptors (Lipinski definition) is 5. The molecule has 1 aromatic heterocycles. The normalized spacial score (nSPS) is 10.4. The highest BCUT2D eigenvalue weighted by Crippen LogP contribution is 2.38. The molecule has 0 aliphatic rings. The van der Waals surface area contributed by atoms with Crippen LogP contribution in [0.1, 0.15) is 0 Å². The number of benzene rings is 1. The Morgan fingerprint density at radius 3 is 2.28 bits per heavy atom. The zero-order valence-electron chi connectivity index (χ0n) is 9.64. The third-order valence-electron chi connectivity index (χ3n) is 2.52. The van der Waals surface area contributed by atoms with E-state index in [4.69, 9.17) is 21.1 Å². The largest absolute Gasteiger partial charge is 0.493 e. The van der Waals surface area contributed by atoms with Crippen LogP contribution in [0, 0.1) is 10.1 Å². The molecule has 0 amide bonds. The first-order valence-electron chi connectivity index (χ1n) is 4.93. The Balaban J connectivity index is 2.86. The highest BCUT2D eigenvalue weighted by molar-refractivity contribution is 6.34. The molecule has 6 nitrogen and oxygen atoms in total. The Kier molecular flexibility index (Phi) is 3.20. The molecule has 1 aromatic carbocycles. The monoisotopic (exact) mass is 268 g/mol. The van der Waals surface area contributed by atoms with Crippen LogP contribution in [-0.2, 0) is 0 Å². The van der Waals surface area contributed by atoms with Gasteiger partial charge in [-0.05, 0) is 12.1 Å². The standard InChI is InChI=1S/C11H9ClN2O4/c1-17-9-3-6-7(4-10(9)18-2)11(12)13-5-8(6)14(15)16/h3-5H,1-2H3. The summed E-state index contributed by atoms with van der Waals surface area (Å²) in [5.74, 6) is 0.838. The average Bonchev–Trinajstić information content (AvgIpc) is 2.37. The lowest BCUT2D eigenvalue weighted by Gasteiger charge is -2.09. The van der Waals surface area contributed by atoms with E-state index in [2.05, 4.69) is 4.98 Å². The van der Waals surface area contributed by atoms with Gasteiger partial charge in [-0.25, -0.2) is 4.98 Å². The zero-order valence-corrected chi connectivity index (χ0v) is 10.4. The van der Waals surface area contributed by atoms with Crippen molar-refractivity contribution in [3.63, 3.8) is 0 Å². The first-order chi connectivity index (χ1) is 8.58. The van der Waals surface area contributed by atoms with Crippen LogP contribution >= 0.6 is 11.6 Å². The molecule has 0 radical (unpaired) electrons. The fraction of sp³-hybridized carbons (Fsp3) is 0.182. The molecule has 0 saturated heterocycles.